The molecule has 0 unspecified atom stereocenters. The Morgan fingerprint density at radius 1 is 1.38 bits per heavy atom. The summed E-state index contributed by atoms with van der Waals surface area (Å²) >= 11 is 1.55. The van der Waals surface area contributed by atoms with Crippen molar-refractivity contribution in [2.75, 3.05) is 12.0 Å². The minimum atomic E-state index is -1.01. The predicted octanol–water partition coefficient (Wildman–Crippen LogP) is 2.17. The lowest BCUT2D eigenvalue weighted by Gasteiger charge is -2.14. The predicted molar refractivity (Wildman–Crippen MR) is 83.6 cm³/mol. The number of rotatable bonds is 6. The molecule has 2 N–H and O–H groups in total. The van der Waals surface area contributed by atoms with Crippen LogP contribution in [0.5, 0.6) is 0 Å². The van der Waals surface area contributed by atoms with Gasteiger partial charge in [0.2, 0.25) is 0 Å². The summed E-state index contributed by atoms with van der Waals surface area (Å²) in [4.78, 5) is 27.5. The van der Waals surface area contributed by atoms with Crippen molar-refractivity contribution in [1.82, 2.24) is 10.3 Å². The number of aromatic nitrogens is 1. The summed E-state index contributed by atoms with van der Waals surface area (Å²) in [7, 11) is 0. The molecule has 1 heterocycles. The van der Waals surface area contributed by atoms with Crippen LogP contribution in [-0.2, 0) is 4.79 Å². The van der Waals surface area contributed by atoms with Gasteiger partial charge in [-0.15, -0.1) is 0 Å². The highest BCUT2D eigenvalue weighted by atomic mass is 32.2. The van der Waals surface area contributed by atoms with Crippen LogP contribution >= 0.6 is 11.8 Å². The van der Waals surface area contributed by atoms with Crippen molar-refractivity contribution in [1.29, 1.82) is 0 Å². The Bertz CT molecular complexity index is 660. The van der Waals surface area contributed by atoms with E-state index in [0.29, 0.717) is 17.7 Å². The number of nitrogens with zero attached hydrogens (tertiary/aromatic N) is 1. The number of thioether (sulfide) groups is 1. The second-order valence-corrected chi connectivity index (χ2v) is 5.54. The van der Waals surface area contributed by atoms with Crippen LogP contribution in [0.1, 0.15) is 16.8 Å². The number of fused-ring (bicyclic) bond motifs is 1. The van der Waals surface area contributed by atoms with E-state index in [9.17, 15) is 9.59 Å². The zero-order valence-electron chi connectivity index (χ0n) is 11.6. The van der Waals surface area contributed by atoms with Gasteiger partial charge in [0.1, 0.15) is 6.04 Å². The monoisotopic (exact) mass is 304 g/mol. The average molecular weight is 304 g/mol. The van der Waals surface area contributed by atoms with Crippen molar-refractivity contribution in [2.24, 2.45) is 0 Å². The number of hydrogen-bond acceptors (Lipinski definition) is 4. The van der Waals surface area contributed by atoms with Crippen LogP contribution < -0.4 is 5.32 Å². The molecule has 0 radical (unpaired) electrons. The van der Waals surface area contributed by atoms with Crippen LogP contribution in [0.25, 0.3) is 10.9 Å². The van der Waals surface area contributed by atoms with Crippen molar-refractivity contribution in [3.05, 3.63) is 42.1 Å². The first-order valence-electron chi connectivity index (χ1n) is 6.49. The second-order valence-electron chi connectivity index (χ2n) is 4.56. The summed E-state index contributed by atoms with van der Waals surface area (Å²) in [5.41, 5.74) is 1.23. The molecule has 2 rings (SSSR count). The quantitative estimate of drug-likeness (QED) is 0.855. The third-order valence-electron chi connectivity index (χ3n) is 3.08. The van der Waals surface area contributed by atoms with E-state index < -0.39 is 12.0 Å². The third kappa shape index (κ3) is 3.95. The molecule has 6 heteroatoms. The molecule has 110 valence electrons. The number of carboxylic acid groups (broad SMARTS) is 1. The molecular weight excluding hydrogens is 288 g/mol. The molecule has 1 aromatic carbocycles. The highest BCUT2D eigenvalue weighted by molar-refractivity contribution is 7.98. The maximum atomic E-state index is 12.2. The number of aliphatic carboxylic acids is 1. The molecule has 0 aliphatic rings. The summed E-state index contributed by atoms with van der Waals surface area (Å²) in [6.45, 7) is 0. The first kappa shape index (κ1) is 15.3. The van der Waals surface area contributed by atoms with Crippen LogP contribution in [0.15, 0.2) is 36.5 Å². The van der Waals surface area contributed by atoms with E-state index in [1.54, 1.807) is 42.2 Å². The summed E-state index contributed by atoms with van der Waals surface area (Å²) in [6, 6.07) is 7.91. The highest BCUT2D eigenvalue weighted by Gasteiger charge is 2.20. The molecule has 0 bridgehead atoms. The lowest BCUT2D eigenvalue weighted by molar-refractivity contribution is -0.139. The topological polar surface area (TPSA) is 79.3 Å². The van der Waals surface area contributed by atoms with Gasteiger partial charge in [-0.05, 0) is 42.7 Å². The fourth-order valence-electron chi connectivity index (χ4n) is 1.95. The summed E-state index contributed by atoms with van der Waals surface area (Å²) in [6.07, 6.45) is 3.99. The number of pyridine rings is 1. The van der Waals surface area contributed by atoms with Crippen LogP contribution in [0.3, 0.4) is 0 Å². The molecule has 0 saturated heterocycles. The Morgan fingerprint density at radius 3 is 2.90 bits per heavy atom. The molecule has 1 atom stereocenters. The Morgan fingerprint density at radius 2 is 2.19 bits per heavy atom. The summed E-state index contributed by atoms with van der Waals surface area (Å²) < 4.78 is 0. The van der Waals surface area contributed by atoms with E-state index >= 15 is 0 Å². The molecule has 0 aliphatic heterocycles. The summed E-state index contributed by atoms with van der Waals surface area (Å²) in [5.74, 6) is -0.715. The standard InChI is InChI=1S/C15H16N2O3S/c1-21-8-6-13(15(19)20)17-14(18)11-4-5-12-10(9-11)3-2-7-16-12/h2-5,7,9,13H,6,8H2,1H3,(H,17,18)(H,19,20)/t13-/m0/s1. The van der Waals surface area contributed by atoms with Crippen LogP contribution in [0.4, 0.5) is 0 Å². The molecule has 5 nitrogen and oxygen atoms in total. The van der Waals surface area contributed by atoms with E-state index in [4.69, 9.17) is 5.11 Å². The fourth-order valence-corrected chi connectivity index (χ4v) is 2.42. The van der Waals surface area contributed by atoms with E-state index in [1.165, 1.54) is 0 Å². The molecule has 2 aromatic rings. The molecule has 0 fully saturated rings. The fraction of sp³-hybridized carbons (Fsp3) is 0.267. The van der Waals surface area contributed by atoms with Crippen LogP contribution in [0, 0.1) is 0 Å². The minimum Gasteiger partial charge on any atom is -0.480 e. The molecular formula is C15H16N2O3S. The van der Waals surface area contributed by atoms with Gasteiger partial charge < -0.3 is 10.4 Å². The molecule has 21 heavy (non-hydrogen) atoms. The number of carbonyl (C=O) groups is 2. The van der Waals surface area contributed by atoms with E-state index in [2.05, 4.69) is 10.3 Å². The largest absolute Gasteiger partial charge is 0.480 e. The lowest BCUT2D eigenvalue weighted by atomic mass is 10.1. The molecule has 1 aromatic heterocycles. The second kappa shape index (κ2) is 7.08. The molecule has 1 amide bonds. The summed E-state index contributed by atoms with van der Waals surface area (Å²) in [5, 5.41) is 12.5. The van der Waals surface area contributed by atoms with Gasteiger partial charge in [-0.3, -0.25) is 9.78 Å². The Hall–Kier alpha value is -2.08. The third-order valence-corrected chi connectivity index (χ3v) is 3.72. The van der Waals surface area contributed by atoms with Gasteiger partial charge in [-0.2, -0.15) is 11.8 Å². The number of carbonyl (C=O) groups excluding carboxylic acids is 1. The van der Waals surface area contributed by atoms with Crippen molar-refractivity contribution >= 4 is 34.5 Å². The zero-order chi connectivity index (χ0) is 15.2. The number of benzene rings is 1. The molecule has 0 saturated carbocycles. The van der Waals surface area contributed by atoms with Gasteiger partial charge in [0.25, 0.3) is 5.91 Å². The van der Waals surface area contributed by atoms with Crippen molar-refractivity contribution in [3.8, 4) is 0 Å². The van der Waals surface area contributed by atoms with Gasteiger partial charge in [0.15, 0.2) is 0 Å². The highest BCUT2D eigenvalue weighted by Crippen LogP contribution is 2.13. The van der Waals surface area contributed by atoms with Crippen molar-refractivity contribution < 1.29 is 14.7 Å². The average Bonchev–Trinajstić information content (AvgIpc) is 2.50. The maximum Gasteiger partial charge on any atom is 0.326 e. The van der Waals surface area contributed by atoms with Gasteiger partial charge in [0.05, 0.1) is 5.52 Å². The normalized spacial score (nSPS) is 12.0. The van der Waals surface area contributed by atoms with Gasteiger partial charge in [-0.25, -0.2) is 4.79 Å². The SMILES string of the molecule is CSCC[C@H](NC(=O)c1ccc2ncccc2c1)C(=O)O. The zero-order valence-corrected chi connectivity index (χ0v) is 12.4. The van der Waals surface area contributed by atoms with Crippen molar-refractivity contribution in [3.63, 3.8) is 0 Å². The molecule has 0 spiro atoms. The number of nitrogens with one attached hydrogen (secondary N) is 1. The van der Waals surface area contributed by atoms with Gasteiger partial charge in [0, 0.05) is 17.1 Å². The van der Waals surface area contributed by atoms with Crippen LogP contribution in [0.2, 0.25) is 0 Å². The maximum absolute atomic E-state index is 12.2. The number of amides is 1. The van der Waals surface area contributed by atoms with Crippen LogP contribution in [-0.4, -0.2) is 40.0 Å². The Labute approximate surface area is 126 Å². The smallest absolute Gasteiger partial charge is 0.326 e. The van der Waals surface area contributed by atoms with E-state index in [0.717, 1.165) is 10.9 Å². The van der Waals surface area contributed by atoms with Gasteiger partial charge in [-0.1, -0.05) is 6.07 Å². The molecule has 0 aliphatic carbocycles. The van der Waals surface area contributed by atoms with Gasteiger partial charge >= 0.3 is 5.97 Å². The lowest BCUT2D eigenvalue weighted by Crippen LogP contribution is -2.41. The Kier molecular flexibility index (Phi) is 5.16. The number of hydrogen-bond donors (Lipinski definition) is 2. The Balaban J connectivity index is 2.15. The van der Waals surface area contributed by atoms with Crippen molar-refractivity contribution in [2.45, 2.75) is 12.5 Å². The first-order valence-corrected chi connectivity index (χ1v) is 7.88. The number of carboxylic acids is 1. The van der Waals surface area contributed by atoms with E-state index in [1.807, 2.05) is 12.3 Å². The minimum absolute atomic E-state index is 0.380. The first-order chi connectivity index (χ1) is 10.1. The van der Waals surface area contributed by atoms with E-state index in [-0.39, 0.29) is 5.91 Å².